The number of amides is 1. The Bertz CT molecular complexity index is 1050. The van der Waals surface area contributed by atoms with E-state index in [9.17, 15) is 4.79 Å². The van der Waals surface area contributed by atoms with Gasteiger partial charge in [-0.25, -0.2) is 4.98 Å². The van der Waals surface area contributed by atoms with Gasteiger partial charge in [0.05, 0.1) is 18.2 Å². The molecule has 0 unspecified atom stereocenters. The largest absolute Gasteiger partial charge is 0.494 e. The molecule has 0 saturated heterocycles. The van der Waals surface area contributed by atoms with Crippen LogP contribution in [0.15, 0.2) is 30.3 Å². The lowest BCUT2D eigenvalue weighted by Crippen LogP contribution is -2.34. The van der Waals surface area contributed by atoms with Crippen molar-refractivity contribution in [1.82, 2.24) is 9.88 Å². The third-order valence-corrected chi connectivity index (χ3v) is 6.49. The minimum Gasteiger partial charge on any atom is -0.494 e. The quantitative estimate of drug-likeness (QED) is 0.463. The van der Waals surface area contributed by atoms with Crippen LogP contribution in [0.1, 0.15) is 28.7 Å². The molecule has 0 aliphatic rings. The molecule has 3 rings (SSSR count). The van der Waals surface area contributed by atoms with E-state index in [4.69, 9.17) is 9.72 Å². The second-order valence-electron chi connectivity index (χ2n) is 8.07. The van der Waals surface area contributed by atoms with Crippen LogP contribution in [0, 0.1) is 20.8 Å². The summed E-state index contributed by atoms with van der Waals surface area (Å²) in [6, 6.07) is 10.3. The summed E-state index contributed by atoms with van der Waals surface area (Å²) in [4.78, 5) is 22.2. The highest BCUT2D eigenvalue weighted by Gasteiger charge is 2.22. The number of rotatable bonds is 8. The summed E-state index contributed by atoms with van der Waals surface area (Å²) < 4.78 is 6.58. The standard InChI is InChI=1S/C24H31N3O2S.ClH/c1-16-8-9-17(2)19(14-16)15-21(28)27(13-7-12-26(4)5)24-25-22-20(29-6)11-10-18(3)23(22)30-24;/h8-11,14H,7,12-13,15H2,1-6H3;1H. The highest BCUT2D eigenvalue weighted by Crippen LogP contribution is 2.36. The van der Waals surface area contributed by atoms with Gasteiger partial charge in [0, 0.05) is 6.54 Å². The van der Waals surface area contributed by atoms with Crippen LogP contribution in [0.3, 0.4) is 0 Å². The molecule has 1 amide bonds. The molecule has 0 spiro atoms. The number of carbonyl (C=O) groups is 1. The number of thiazole rings is 1. The SMILES string of the molecule is COc1ccc(C)c2sc(N(CCCN(C)C)C(=O)Cc3cc(C)ccc3C)nc12.Cl. The molecular formula is C24H32ClN3O2S. The van der Waals surface area contributed by atoms with Crippen LogP contribution >= 0.6 is 23.7 Å². The fourth-order valence-electron chi connectivity index (χ4n) is 3.50. The number of methoxy groups -OCH3 is 1. The lowest BCUT2D eigenvalue weighted by Gasteiger charge is -2.21. The van der Waals surface area contributed by atoms with Crippen molar-refractivity contribution in [3.05, 3.63) is 52.6 Å². The molecule has 7 heteroatoms. The average Bonchev–Trinajstić information content (AvgIpc) is 3.14. The number of fused-ring (bicyclic) bond motifs is 1. The number of hydrogen-bond donors (Lipinski definition) is 0. The van der Waals surface area contributed by atoms with Gasteiger partial charge < -0.3 is 9.64 Å². The van der Waals surface area contributed by atoms with Crippen molar-refractivity contribution in [2.24, 2.45) is 0 Å². The third kappa shape index (κ3) is 5.97. The van der Waals surface area contributed by atoms with Crippen molar-refractivity contribution in [2.75, 3.05) is 39.2 Å². The van der Waals surface area contributed by atoms with Gasteiger partial charge in [-0.2, -0.15) is 0 Å². The predicted molar refractivity (Wildman–Crippen MR) is 133 cm³/mol. The smallest absolute Gasteiger partial charge is 0.233 e. The lowest BCUT2D eigenvalue weighted by molar-refractivity contribution is -0.118. The highest BCUT2D eigenvalue weighted by atomic mass is 35.5. The molecule has 5 nitrogen and oxygen atoms in total. The number of nitrogens with zero attached hydrogens (tertiary/aromatic N) is 3. The molecule has 1 heterocycles. The van der Waals surface area contributed by atoms with Crippen molar-refractivity contribution >= 4 is 45.0 Å². The minimum atomic E-state index is 0. The zero-order chi connectivity index (χ0) is 21.8. The summed E-state index contributed by atoms with van der Waals surface area (Å²) in [5.41, 5.74) is 5.36. The molecule has 0 bridgehead atoms. The molecule has 1 aromatic heterocycles. The van der Waals surface area contributed by atoms with E-state index < -0.39 is 0 Å². The van der Waals surface area contributed by atoms with Crippen molar-refractivity contribution in [3.8, 4) is 5.75 Å². The summed E-state index contributed by atoms with van der Waals surface area (Å²) in [6.07, 6.45) is 1.26. The minimum absolute atomic E-state index is 0. The van der Waals surface area contributed by atoms with Gasteiger partial charge in [0.15, 0.2) is 5.13 Å². The first-order valence-corrected chi connectivity index (χ1v) is 11.1. The summed E-state index contributed by atoms with van der Waals surface area (Å²) >= 11 is 1.57. The molecule has 0 aliphatic heterocycles. The molecule has 0 fully saturated rings. The van der Waals surface area contributed by atoms with E-state index in [2.05, 4.69) is 43.9 Å². The summed E-state index contributed by atoms with van der Waals surface area (Å²) in [5, 5.41) is 0.742. The van der Waals surface area contributed by atoms with Gasteiger partial charge in [-0.1, -0.05) is 41.2 Å². The number of benzene rings is 2. The Morgan fingerprint density at radius 3 is 2.45 bits per heavy atom. The number of carbonyl (C=O) groups excluding carboxylic acids is 1. The van der Waals surface area contributed by atoms with E-state index in [1.165, 1.54) is 5.56 Å². The molecule has 168 valence electrons. The summed E-state index contributed by atoms with van der Waals surface area (Å²) in [6.45, 7) is 7.75. The Kier molecular flexibility index (Phi) is 8.86. The zero-order valence-electron chi connectivity index (χ0n) is 19.2. The van der Waals surface area contributed by atoms with Gasteiger partial charge >= 0.3 is 0 Å². The van der Waals surface area contributed by atoms with Gasteiger partial charge in [-0.3, -0.25) is 9.69 Å². The van der Waals surface area contributed by atoms with Crippen molar-refractivity contribution < 1.29 is 9.53 Å². The fraction of sp³-hybridized carbons (Fsp3) is 0.417. The van der Waals surface area contributed by atoms with Crippen molar-refractivity contribution in [3.63, 3.8) is 0 Å². The van der Waals surface area contributed by atoms with Gasteiger partial charge in [0.2, 0.25) is 5.91 Å². The maximum Gasteiger partial charge on any atom is 0.233 e. The second-order valence-corrected chi connectivity index (χ2v) is 9.05. The number of hydrogen-bond acceptors (Lipinski definition) is 5. The van der Waals surface area contributed by atoms with E-state index in [0.29, 0.717) is 13.0 Å². The first-order valence-electron chi connectivity index (χ1n) is 10.3. The van der Waals surface area contributed by atoms with E-state index in [1.807, 2.05) is 31.1 Å². The first-order chi connectivity index (χ1) is 14.3. The Hall–Kier alpha value is -2.15. The van der Waals surface area contributed by atoms with Crippen molar-refractivity contribution in [2.45, 2.75) is 33.6 Å². The Morgan fingerprint density at radius 2 is 1.77 bits per heavy atom. The predicted octanol–water partition coefficient (Wildman–Crippen LogP) is 5.18. The lowest BCUT2D eigenvalue weighted by atomic mass is 10.0. The Balaban J connectivity index is 0.00000341. The van der Waals surface area contributed by atoms with Gasteiger partial charge in [-0.05, 0) is 70.6 Å². The number of anilines is 1. The number of ether oxygens (including phenoxy) is 1. The van der Waals surface area contributed by atoms with Crippen LogP contribution in [-0.2, 0) is 11.2 Å². The van der Waals surface area contributed by atoms with Crippen molar-refractivity contribution in [1.29, 1.82) is 0 Å². The van der Waals surface area contributed by atoms with Crippen LogP contribution in [0.5, 0.6) is 5.75 Å². The molecule has 0 radical (unpaired) electrons. The van der Waals surface area contributed by atoms with Crippen LogP contribution < -0.4 is 9.64 Å². The highest BCUT2D eigenvalue weighted by molar-refractivity contribution is 7.22. The second kappa shape index (κ2) is 10.9. The van der Waals surface area contributed by atoms with E-state index in [0.717, 1.165) is 50.8 Å². The number of aromatic nitrogens is 1. The molecule has 2 aromatic carbocycles. The summed E-state index contributed by atoms with van der Waals surface area (Å²) in [7, 11) is 5.76. The summed E-state index contributed by atoms with van der Waals surface area (Å²) in [5.74, 6) is 0.825. The number of aryl methyl sites for hydroxylation is 3. The molecule has 31 heavy (non-hydrogen) atoms. The molecule has 0 saturated carbocycles. The van der Waals surface area contributed by atoms with Crippen LogP contribution in [0.2, 0.25) is 0 Å². The van der Waals surface area contributed by atoms with Gasteiger partial charge in [-0.15, -0.1) is 12.4 Å². The van der Waals surface area contributed by atoms with E-state index in [1.54, 1.807) is 18.4 Å². The molecule has 0 aliphatic carbocycles. The van der Waals surface area contributed by atoms with Crippen LogP contribution in [-0.4, -0.2) is 50.1 Å². The topological polar surface area (TPSA) is 45.7 Å². The zero-order valence-corrected chi connectivity index (χ0v) is 20.8. The van der Waals surface area contributed by atoms with Gasteiger partial charge in [0.1, 0.15) is 11.3 Å². The fourth-order valence-corrected chi connectivity index (χ4v) is 4.59. The van der Waals surface area contributed by atoms with Crippen LogP contribution in [0.25, 0.3) is 10.2 Å². The third-order valence-electron chi connectivity index (χ3n) is 5.28. The molecule has 0 atom stereocenters. The monoisotopic (exact) mass is 461 g/mol. The maximum absolute atomic E-state index is 13.4. The first kappa shape index (κ1) is 25.1. The Morgan fingerprint density at radius 1 is 1.06 bits per heavy atom. The normalized spacial score (nSPS) is 10.9. The van der Waals surface area contributed by atoms with E-state index in [-0.39, 0.29) is 18.3 Å². The molecule has 3 aromatic rings. The van der Waals surface area contributed by atoms with E-state index >= 15 is 0 Å². The average molecular weight is 462 g/mol. The maximum atomic E-state index is 13.4. The number of halogens is 1. The van der Waals surface area contributed by atoms with Crippen LogP contribution in [0.4, 0.5) is 5.13 Å². The molecule has 0 N–H and O–H groups in total. The Labute approximate surface area is 195 Å². The molecular weight excluding hydrogens is 430 g/mol. The van der Waals surface area contributed by atoms with Gasteiger partial charge in [0.25, 0.3) is 0 Å².